The molecule has 0 aromatic heterocycles. The molecule has 0 aliphatic carbocycles. The van der Waals surface area contributed by atoms with Crippen LogP contribution in [0.25, 0.3) is 0 Å². The Balaban J connectivity index is 1.69. The van der Waals surface area contributed by atoms with Crippen LogP contribution in [0.3, 0.4) is 0 Å². The zero-order valence-electron chi connectivity index (χ0n) is 16.4. The second kappa shape index (κ2) is 12.7. The van der Waals surface area contributed by atoms with Crippen LogP contribution in [0.1, 0.15) is 68.6 Å². The van der Waals surface area contributed by atoms with E-state index in [0.717, 1.165) is 12.2 Å². The van der Waals surface area contributed by atoms with E-state index < -0.39 is 5.97 Å². The van der Waals surface area contributed by atoms with Crippen LogP contribution in [0.2, 0.25) is 10.0 Å². The summed E-state index contributed by atoms with van der Waals surface area (Å²) in [5.74, 6) is 0.564. The van der Waals surface area contributed by atoms with Gasteiger partial charge in [0.15, 0.2) is 0 Å². The molecule has 0 unspecified atom stereocenters. The first kappa shape index (κ1) is 22.6. The number of esters is 1. The van der Waals surface area contributed by atoms with Crippen molar-refractivity contribution in [1.82, 2.24) is 0 Å². The summed E-state index contributed by atoms with van der Waals surface area (Å²) in [4.78, 5) is 12.2. The molecule has 0 amide bonds. The van der Waals surface area contributed by atoms with Crippen molar-refractivity contribution >= 4 is 29.2 Å². The second-order valence-electron chi connectivity index (χ2n) is 6.81. The first-order valence-electron chi connectivity index (χ1n) is 10.00. The van der Waals surface area contributed by atoms with Crippen molar-refractivity contribution in [3.8, 4) is 11.5 Å². The van der Waals surface area contributed by atoms with Gasteiger partial charge < -0.3 is 9.47 Å². The zero-order valence-corrected chi connectivity index (χ0v) is 17.9. The van der Waals surface area contributed by atoms with Gasteiger partial charge in [0.1, 0.15) is 11.5 Å². The van der Waals surface area contributed by atoms with E-state index >= 15 is 0 Å². The van der Waals surface area contributed by atoms with Gasteiger partial charge in [0, 0.05) is 5.02 Å². The van der Waals surface area contributed by atoms with Crippen molar-refractivity contribution in [1.29, 1.82) is 0 Å². The summed E-state index contributed by atoms with van der Waals surface area (Å²) in [6, 6.07) is 11.7. The van der Waals surface area contributed by atoms with Crippen LogP contribution >= 0.6 is 23.2 Å². The molecule has 0 atom stereocenters. The first-order valence-corrected chi connectivity index (χ1v) is 10.8. The van der Waals surface area contributed by atoms with E-state index in [9.17, 15) is 4.79 Å². The maximum atomic E-state index is 12.2. The lowest BCUT2D eigenvalue weighted by Crippen LogP contribution is -2.08. The summed E-state index contributed by atoms with van der Waals surface area (Å²) >= 11 is 11.9. The molecule has 0 radical (unpaired) electrons. The molecule has 2 aromatic carbocycles. The molecule has 0 spiro atoms. The number of benzene rings is 2. The predicted octanol–water partition coefficient (Wildman–Crippen LogP) is 7.73. The molecule has 0 aliphatic rings. The fourth-order valence-corrected chi connectivity index (χ4v) is 3.28. The summed E-state index contributed by atoms with van der Waals surface area (Å²) in [7, 11) is 0. The molecule has 2 rings (SSSR count). The summed E-state index contributed by atoms with van der Waals surface area (Å²) in [5.41, 5.74) is 0.436. The molecular weight excluding hydrogens is 395 g/mol. The van der Waals surface area contributed by atoms with Crippen molar-refractivity contribution in [3.05, 3.63) is 58.1 Å². The smallest absolute Gasteiger partial charge is 0.343 e. The number of carbonyl (C=O) groups is 1. The van der Waals surface area contributed by atoms with E-state index in [1.807, 2.05) is 0 Å². The number of rotatable bonds is 12. The van der Waals surface area contributed by atoms with E-state index in [1.54, 1.807) is 36.4 Å². The third kappa shape index (κ3) is 8.12. The summed E-state index contributed by atoms with van der Waals surface area (Å²) < 4.78 is 11.1. The minimum atomic E-state index is -0.473. The molecule has 0 heterocycles. The maximum Gasteiger partial charge on any atom is 0.343 e. The SMILES string of the molecule is CCCCCCCCCCOc1ccc(C(=O)Oc2ccc(Cl)cc2Cl)cc1. The lowest BCUT2D eigenvalue weighted by Gasteiger charge is -2.08. The summed E-state index contributed by atoms with van der Waals surface area (Å²) in [6.45, 7) is 2.93. The lowest BCUT2D eigenvalue weighted by molar-refractivity contribution is 0.0735. The third-order valence-corrected chi connectivity index (χ3v) is 4.98. The Morgan fingerprint density at radius 2 is 1.50 bits per heavy atom. The van der Waals surface area contributed by atoms with E-state index in [-0.39, 0.29) is 5.75 Å². The predicted molar refractivity (Wildman–Crippen MR) is 116 cm³/mol. The molecule has 3 nitrogen and oxygen atoms in total. The number of hydrogen-bond acceptors (Lipinski definition) is 3. The lowest BCUT2D eigenvalue weighted by atomic mass is 10.1. The summed E-state index contributed by atoms with van der Waals surface area (Å²) in [5, 5.41) is 0.786. The molecule has 0 aliphatic heterocycles. The van der Waals surface area contributed by atoms with Crippen LogP contribution in [-0.4, -0.2) is 12.6 Å². The van der Waals surface area contributed by atoms with Crippen LogP contribution in [0.5, 0.6) is 11.5 Å². The maximum absolute atomic E-state index is 12.2. The van der Waals surface area contributed by atoms with E-state index in [1.165, 1.54) is 51.0 Å². The average Bonchev–Trinajstić information content (AvgIpc) is 2.69. The Bertz CT molecular complexity index is 729. The Kier molecular flexibility index (Phi) is 10.2. The van der Waals surface area contributed by atoms with Crippen molar-refractivity contribution in [2.75, 3.05) is 6.61 Å². The average molecular weight is 423 g/mol. The van der Waals surface area contributed by atoms with Crippen LogP contribution in [0.4, 0.5) is 0 Å². The number of ether oxygens (including phenoxy) is 2. The Morgan fingerprint density at radius 3 is 2.14 bits per heavy atom. The quantitative estimate of drug-likeness (QED) is 0.199. The molecule has 152 valence electrons. The van der Waals surface area contributed by atoms with Gasteiger partial charge in [0.2, 0.25) is 0 Å². The van der Waals surface area contributed by atoms with Crippen molar-refractivity contribution in [3.63, 3.8) is 0 Å². The first-order chi connectivity index (χ1) is 13.6. The Morgan fingerprint density at radius 1 is 0.857 bits per heavy atom. The highest BCUT2D eigenvalue weighted by molar-refractivity contribution is 6.35. The minimum absolute atomic E-state index is 0.283. The molecule has 0 saturated carbocycles. The standard InChI is InChI=1S/C23H28Cl2O3/c1-2-3-4-5-6-7-8-9-16-27-20-13-10-18(11-14-20)23(26)28-22-15-12-19(24)17-21(22)25/h10-15,17H,2-9,16H2,1H3. The van der Waals surface area contributed by atoms with Crippen LogP contribution < -0.4 is 9.47 Å². The van der Waals surface area contributed by atoms with E-state index in [0.29, 0.717) is 22.2 Å². The van der Waals surface area contributed by atoms with Crippen LogP contribution in [0, 0.1) is 0 Å². The number of halogens is 2. The molecule has 0 saturated heterocycles. The monoisotopic (exact) mass is 422 g/mol. The molecule has 0 fully saturated rings. The van der Waals surface area contributed by atoms with Gasteiger partial charge in [-0.1, -0.05) is 75.1 Å². The van der Waals surface area contributed by atoms with E-state index in [4.69, 9.17) is 32.7 Å². The normalized spacial score (nSPS) is 10.7. The van der Waals surface area contributed by atoms with Gasteiger partial charge >= 0.3 is 5.97 Å². The van der Waals surface area contributed by atoms with Crippen molar-refractivity contribution in [2.24, 2.45) is 0 Å². The highest BCUT2D eigenvalue weighted by Gasteiger charge is 2.11. The van der Waals surface area contributed by atoms with Crippen LogP contribution in [-0.2, 0) is 0 Å². The van der Waals surface area contributed by atoms with Gasteiger partial charge in [-0.3, -0.25) is 0 Å². The third-order valence-electron chi connectivity index (χ3n) is 4.45. The summed E-state index contributed by atoms with van der Waals surface area (Å²) in [6.07, 6.45) is 10.2. The molecular formula is C23H28Cl2O3. The zero-order chi connectivity index (χ0) is 20.2. The van der Waals surface area contributed by atoms with Gasteiger partial charge in [-0.15, -0.1) is 0 Å². The molecule has 2 aromatic rings. The Labute approximate surface area is 177 Å². The van der Waals surface area contributed by atoms with Crippen molar-refractivity contribution < 1.29 is 14.3 Å². The van der Waals surface area contributed by atoms with Gasteiger partial charge in [-0.05, 0) is 48.9 Å². The van der Waals surface area contributed by atoms with Gasteiger partial charge in [0.05, 0.1) is 17.2 Å². The Hall–Kier alpha value is -1.71. The van der Waals surface area contributed by atoms with Gasteiger partial charge in [-0.2, -0.15) is 0 Å². The molecule has 0 N–H and O–H groups in total. The second-order valence-corrected chi connectivity index (χ2v) is 7.66. The topological polar surface area (TPSA) is 35.5 Å². The largest absolute Gasteiger partial charge is 0.494 e. The minimum Gasteiger partial charge on any atom is -0.494 e. The highest BCUT2D eigenvalue weighted by Crippen LogP contribution is 2.28. The van der Waals surface area contributed by atoms with Crippen molar-refractivity contribution in [2.45, 2.75) is 58.3 Å². The number of carbonyl (C=O) groups excluding carboxylic acids is 1. The number of hydrogen-bond donors (Lipinski definition) is 0. The highest BCUT2D eigenvalue weighted by atomic mass is 35.5. The van der Waals surface area contributed by atoms with Crippen LogP contribution in [0.15, 0.2) is 42.5 Å². The molecule has 5 heteroatoms. The van der Waals surface area contributed by atoms with Gasteiger partial charge in [0.25, 0.3) is 0 Å². The molecule has 28 heavy (non-hydrogen) atoms. The fourth-order valence-electron chi connectivity index (χ4n) is 2.83. The number of unbranched alkanes of at least 4 members (excludes halogenated alkanes) is 7. The fraction of sp³-hybridized carbons (Fsp3) is 0.435. The van der Waals surface area contributed by atoms with Gasteiger partial charge in [-0.25, -0.2) is 4.79 Å². The van der Waals surface area contributed by atoms with E-state index in [2.05, 4.69) is 6.92 Å². The molecule has 0 bridgehead atoms.